The molecule has 1 atom stereocenters. The summed E-state index contributed by atoms with van der Waals surface area (Å²) in [6, 6.07) is 8.25. The molecule has 1 heterocycles. The fraction of sp³-hybridized carbons (Fsp3) is 0.214. The Bertz CT molecular complexity index is 568. The molecule has 0 radical (unpaired) electrons. The lowest BCUT2D eigenvalue weighted by Crippen LogP contribution is -2.43. The molecule has 2 nitrogen and oxygen atoms in total. The minimum Gasteiger partial charge on any atom is -0.372 e. The molecule has 0 fully saturated rings. The van der Waals surface area contributed by atoms with Crippen molar-refractivity contribution >= 4 is 0 Å². The number of halogens is 3. The van der Waals surface area contributed by atoms with Crippen LogP contribution in [0.4, 0.5) is 13.2 Å². The van der Waals surface area contributed by atoms with Crippen LogP contribution in [-0.2, 0) is 5.60 Å². The van der Waals surface area contributed by atoms with Gasteiger partial charge in [-0.1, -0.05) is 24.3 Å². The van der Waals surface area contributed by atoms with Gasteiger partial charge in [-0.2, -0.15) is 13.2 Å². The Balaban J connectivity index is 2.71. The molecule has 0 aliphatic carbocycles. The van der Waals surface area contributed by atoms with Gasteiger partial charge in [-0.15, -0.1) is 0 Å². The van der Waals surface area contributed by atoms with E-state index in [0.717, 1.165) is 0 Å². The summed E-state index contributed by atoms with van der Waals surface area (Å²) in [5.74, 6) is 0. The number of alkyl halides is 3. The van der Waals surface area contributed by atoms with Gasteiger partial charge < -0.3 is 5.11 Å². The molecule has 0 aliphatic heterocycles. The predicted octanol–water partition coefficient (Wildman–Crippen LogP) is 3.19. The van der Waals surface area contributed by atoms with E-state index in [1.54, 1.807) is 6.07 Å². The fourth-order valence-electron chi connectivity index (χ4n) is 2.04. The quantitative estimate of drug-likeness (QED) is 0.906. The third kappa shape index (κ3) is 2.21. The molecule has 1 unspecified atom stereocenters. The second-order valence-electron chi connectivity index (χ2n) is 4.26. The van der Waals surface area contributed by atoms with E-state index >= 15 is 0 Å². The number of hydrogen-bond acceptors (Lipinski definition) is 2. The van der Waals surface area contributed by atoms with Gasteiger partial charge >= 0.3 is 6.18 Å². The number of aliphatic hydroxyl groups is 1. The molecule has 5 heteroatoms. The van der Waals surface area contributed by atoms with Crippen molar-refractivity contribution in [2.75, 3.05) is 0 Å². The SMILES string of the molecule is Cc1ccccc1C(O)(c1ccncc1)C(F)(F)F. The number of nitrogens with zero attached hydrogens (tertiary/aromatic N) is 1. The molecule has 1 N–H and O–H groups in total. The standard InChI is InChI=1S/C14H12F3NO/c1-10-4-2-3-5-12(10)13(19,14(15,16)17)11-6-8-18-9-7-11/h2-9,19H,1H3. The number of benzene rings is 1. The van der Waals surface area contributed by atoms with Gasteiger partial charge in [-0.25, -0.2) is 0 Å². The Morgan fingerprint density at radius 3 is 2.11 bits per heavy atom. The van der Waals surface area contributed by atoms with Crippen molar-refractivity contribution in [2.24, 2.45) is 0 Å². The monoisotopic (exact) mass is 267 g/mol. The smallest absolute Gasteiger partial charge is 0.372 e. The van der Waals surface area contributed by atoms with Crippen LogP contribution in [-0.4, -0.2) is 16.3 Å². The van der Waals surface area contributed by atoms with Crippen LogP contribution < -0.4 is 0 Å². The summed E-state index contributed by atoms with van der Waals surface area (Å²) < 4.78 is 40.2. The highest BCUT2D eigenvalue weighted by Crippen LogP contribution is 2.44. The number of aryl methyl sites for hydroxylation is 1. The maximum Gasteiger partial charge on any atom is 0.425 e. The zero-order chi connectivity index (χ0) is 14.1. The Hall–Kier alpha value is -1.88. The third-order valence-corrected chi connectivity index (χ3v) is 3.04. The molecule has 2 aromatic rings. The summed E-state index contributed by atoms with van der Waals surface area (Å²) in [7, 11) is 0. The molecule has 1 aromatic heterocycles. The first-order valence-electron chi connectivity index (χ1n) is 5.63. The van der Waals surface area contributed by atoms with Crippen molar-refractivity contribution < 1.29 is 18.3 Å². The van der Waals surface area contributed by atoms with Crippen LogP contribution in [0.15, 0.2) is 48.8 Å². The summed E-state index contributed by atoms with van der Waals surface area (Å²) in [4.78, 5) is 3.68. The van der Waals surface area contributed by atoms with Gasteiger partial charge in [0.05, 0.1) is 0 Å². The van der Waals surface area contributed by atoms with Gasteiger partial charge in [0.25, 0.3) is 0 Å². The zero-order valence-electron chi connectivity index (χ0n) is 10.1. The minimum absolute atomic E-state index is 0.172. The first-order valence-corrected chi connectivity index (χ1v) is 5.63. The molecule has 0 bridgehead atoms. The molecule has 2 rings (SSSR count). The van der Waals surface area contributed by atoms with Crippen molar-refractivity contribution in [3.8, 4) is 0 Å². The highest BCUT2D eigenvalue weighted by molar-refractivity contribution is 5.41. The van der Waals surface area contributed by atoms with Gasteiger partial charge in [-0.05, 0) is 24.6 Å². The van der Waals surface area contributed by atoms with E-state index < -0.39 is 11.8 Å². The largest absolute Gasteiger partial charge is 0.425 e. The molecule has 0 saturated carbocycles. The highest BCUT2D eigenvalue weighted by atomic mass is 19.4. The van der Waals surface area contributed by atoms with Crippen LogP contribution in [0.1, 0.15) is 16.7 Å². The molecule has 19 heavy (non-hydrogen) atoms. The second-order valence-corrected chi connectivity index (χ2v) is 4.26. The average Bonchev–Trinajstić information content (AvgIpc) is 2.38. The van der Waals surface area contributed by atoms with E-state index in [0.29, 0.717) is 5.56 Å². The first kappa shape index (κ1) is 13.5. The maximum absolute atomic E-state index is 13.4. The van der Waals surface area contributed by atoms with Gasteiger partial charge in [0.1, 0.15) is 0 Å². The van der Waals surface area contributed by atoms with Crippen molar-refractivity contribution in [3.05, 3.63) is 65.5 Å². The molecule has 0 amide bonds. The molecular weight excluding hydrogens is 255 g/mol. The fourth-order valence-corrected chi connectivity index (χ4v) is 2.04. The summed E-state index contributed by atoms with van der Waals surface area (Å²) in [5.41, 5.74) is -3.07. The second kappa shape index (κ2) is 4.66. The van der Waals surface area contributed by atoms with Gasteiger partial charge in [0, 0.05) is 23.5 Å². The van der Waals surface area contributed by atoms with Crippen LogP contribution >= 0.6 is 0 Å². The van der Waals surface area contributed by atoms with Crippen LogP contribution in [0.3, 0.4) is 0 Å². The predicted molar refractivity (Wildman–Crippen MR) is 64.5 cm³/mol. The lowest BCUT2D eigenvalue weighted by molar-refractivity contribution is -0.248. The summed E-state index contributed by atoms with van der Waals surface area (Å²) in [6.07, 6.45) is -2.37. The number of aromatic nitrogens is 1. The lowest BCUT2D eigenvalue weighted by atomic mass is 9.84. The Morgan fingerprint density at radius 1 is 1.00 bits per heavy atom. The van der Waals surface area contributed by atoms with Crippen LogP contribution in [0.2, 0.25) is 0 Å². The normalized spacial score (nSPS) is 15.0. The van der Waals surface area contributed by atoms with E-state index in [1.807, 2.05) is 0 Å². The van der Waals surface area contributed by atoms with Crippen molar-refractivity contribution in [1.29, 1.82) is 0 Å². The molecule has 100 valence electrons. The zero-order valence-corrected chi connectivity index (χ0v) is 10.1. The van der Waals surface area contributed by atoms with E-state index in [9.17, 15) is 18.3 Å². The van der Waals surface area contributed by atoms with E-state index in [4.69, 9.17) is 0 Å². The molecule has 0 spiro atoms. The topological polar surface area (TPSA) is 33.1 Å². The maximum atomic E-state index is 13.4. The number of rotatable bonds is 2. The highest BCUT2D eigenvalue weighted by Gasteiger charge is 2.56. The third-order valence-electron chi connectivity index (χ3n) is 3.04. The minimum atomic E-state index is -4.82. The van der Waals surface area contributed by atoms with Crippen LogP contribution in [0, 0.1) is 6.92 Å². The summed E-state index contributed by atoms with van der Waals surface area (Å²) in [5, 5.41) is 10.3. The molecule has 0 saturated heterocycles. The molecule has 1 aromatic carbocycles. The van der Waals surface area contributed by atoms with Gasteiger partial charge in [-0.3, -0.25) is 4.98 Å². The average molecular weight is 267 g/mol. The van der Waals surface area contributed by atoms with Crippen molar-refractivity contribution in [2.45, 2.75) is 18.7 Å². The first-order chi connectivity index (χ1) is 8.87. The van der Waals surface area contributed by atoms with E-state index in [2.05, 4.69) is 4.98 Å². The van der Waals surface area contributed by atoms with E-state index in [1.165, 1.54) is 49.6 Å². The van der Waals surface area contributed by atoms with Gasteiger partial charge in [0.2, 0.25) is 5.60 Å². The Kier molecular flexibility index (Phi) is 3.32. The molecular formula is C14H12F3NO. The summed E-state index contributed by atoms with van der Waals surface area (Å²) in [6.45, 7) is 1.53. The van der Waals surface area contributed by atoms with Gasteiger partial charge in [0.15, 0.2) is 0 Å². The molecule has 0 aliphatic rings. The number of hydrogen-bond donors (Lipinski definition) is 1. The Labute approximate surface area is 108 Å². The van der Waals surface area contributed by atoms with Crippen LogP contribution in [0.25, 0.3) is 0 Å². The lowest BCUT2D eigenvalue weighted by Gasteiger charge is -2.32. The van der Waals surface area contributed by atoms with E-state index in [-0.39, 0.29) is 11.1 Å². The Morgan fingerprint density at radius 2 is 1.58 bits per heavy atom. The van der Waals surface area contributed by atoms with Crippen LogP contribution in [0.5, 0.6) is 0 Å². The number of pyridine rings is 1. The summed E-state index contributed by atoms with van der Waals surface area (Å²) >= 11 is 0. The van der Waals surface area contributed by atoms with Crippen molar-refractivity contribution in [3.63, 3.8) is 0 Å². The van der Waals surface area contributed by atoms with Crippen molar-refractivity contribution in [1.82, 2.24) is 4.98 Å².